The minimum Gasteiger partial charge on any atom is -0.343 e. The Balaban J connectivity index is 1.56. The molecular weight excluding hydrogens is 310 g/mol. The van der Waals surface area contributed by atoms with Gasteiger partial charge < -0.3 is 9.88 Å². The smallest absolute Gasteiger partial charge is 0.262 e. The minimum absolute atomic E-state index is 0.0407. The highest BCUT2D eigenvalue weighted by atomic mass is 32.1. The zero-order valence-electron chi connectivity index (χ0n) is 13.1. The maximum absolute atomic E-state index is 12.5. The number of likely N-dealkylation sites (tertiary alicyclic amines) is 1. The van der Waals surface area contributed by atoms with E-state index in [0.29, 0.717) is 23.1 Å². The molecule has 1 fully saturated rings. The molecule has 0 unspecified atom stereocenters. The Hall–Kier alpha value is -1.95. The zero-order valence-corrected chi connectivity index (χ0v) is 13.9. The second-order valence-corrected chi connectivity index (χ2v) is 6.36. The molecule has 0 spiro atoms. The quantitative estimate of drug-likeness (QED) is 0.654. The summed E-state index contributed by atoms with van der Waals surface area (Å²) in [5.41, 5.74) is 0.736. The first-order valence-corrected chi connectivity index (χ1v) is 8.57. The van der Waals surface area contributed by atoms with Gasteiger partial charge in [0.25, 0.3) is 5.56 Å². The molecule has 1 amide bonds. The summed E-state index contributed by atoms with van der Waals surface area (Å²) in [4.78, 5) is 29.2. The van der Waals surface area contributed by atoms with Gasteiger partial charge in [-0.15, -0.1) is 0 Å². The van der Waals surface area contributed by atoms with Gasteiger partial charge >= 0.3 is 0 Å². The number of carbonyl (C=O) groups excluding carboxylic acids is 1. The van der Waals surface area contributed by atoms with Crippen LogP contribution in [-0.2, 0) is 11.3 Å². The van der Waals surface area contributed by atoms with Crippen molar-refractivity contribution in [1.29, 1.82) is 0 Å². The molecule has 1 aliphatic rings. The summed E-state index contributed by atoms with van der Waals surface area (Å²) >= 11 is 5.29. The van der Waals surface area contributed by atoms with Crippen molar-refractivity contribution in [2.75, 3.05) is 13.1 Å². The average molecular weight is 331 g/mol. The first-order chi connectivity index (χ1) is 11.2. The van der Waals surface area contributed by atoms with Crippen LogP contribution in [0.5, 0.6) is 0 Å². The fourth-order valence-electron chi connectivity index (χ4n) is 2.85. The van der Waals surface area contributed by atoms with Crippen LogP contribution in [0, 0.1) is 4.77 Å². The van der Waals surface area contributed by atoms with Crippen LogP contribution in [0.2, 0.25) is 0 Å². The number of nitrogens with zero attached hydrogens (tertiary/aromatic N) is 2. The topological polar surface area (TPSA) is 58.1 Å². The van der Waals surface area contributed by atoms with E-state index in [-0.39, 0.29) is 11.5 Å². The van der Waals surface area contributed by atoms with Gasteiger partial charge in [0.1, 0.15) is 0 Å². The summed E-state index contributed by atoms with van der Waals surface area (Å²) in [6.07, 6.45) is 4.39. The third kappa shape index (κ3) is 3.52. The third-order valence-corrected chi connectivity index (χ3v) is 4.69. The van der Waals surface area contributed by atoms with Crippen molar-refractivity contribution in [3.63, 3.8) is 0 Å². The van der Waals surface area contributed by atoms with E-state index in [4.69, 9.17) is 12.2 Å². The van der Waals surface area contributed by atoms with Crippen LogP contribution in [-0.4, -0.2) is 33.4 Å². The number of aromatic amines is 1. The van der Waals surface area contributed by atoms with E-state index in [0.717, 1.165) is 44.3 Å². The monoisotopic (exact) mass is 331 g/mol. The molecule has 1 aromatic heterocycles. The van der Waals surface area contributed by atoms with Crippen molar-refractivity contribution in [1.82, 2.24) is 14.5 Å². The lowest BCUT2D eigenvalue weighted by atomic mass is 10.1. The summed E-state index contributed by atoms with van der Waals surface area (Å²) in [5, 5.41) is 0.661. The number of hydrogen-bond acceptors (Lipinski definition) is 3. The van der Waals surface area contributed by atoms with Crippen molar-refractivity contribution >= 4 is 29.0 Å². The second-order valence-electron chi connectivity index (χ2n) is 5.98. The van der Waals surface area contributed by atoms with Gasteiger partial charge in [-0.3, -0.25) is 14.2 Å². The normalized spacial score (nSPS) is 14.0. The van der Waals surface area contributed by atoms with Crippen LogP contribution in [0.3, 0.4) is 0 Å². The molecule has 0 bridgehead atoms. The van der Waals surface area contributed by atoms with E-state index in [2.05, 4.69) is 4.98 Å². The summed E-state index contributed by atoms with van der Waals surface area (Å²) in [6, 6.07) is 7.41. The van der Waals surface area contributed by atoms with Crippen LogP contribution in [0.15, 0.2) is 29.1 Å². The van der Waals surface area contributed by atoms with Crippen LogP contribution in [0.25, 0.3) is 10.9 Å². The fraction of sp³-hybridized carbons (Fsp3) is 0.471. The Bertz CT molecular complexity index is 820. The number of rotatable bonds is 6. The average Bonchev–Trinajstić information content (AvgIpc) is 2.48. The zero-order chi connectivity index (χ0) is 16.2. The minimum atomic E-state index is -0.0407. The van der Waals surface area contributed by atoms with Crippen molar-refractivity contribution in [2.24, 2.45) is 0 Å². The van der Waals surface area contributed by atoms with Crippen LogP contribution < -0.4 is 5.56 Å². The van der Waals surface area contributed by atoms with E-state index < -0.39 is 0 Å². The van der Waals surface area contributed by atoms with Crippen molar-refractivity contribution in [2.45, 2.75) is 38.6 Å². The number of para-hydroxylation sites is 1. The number of H-pyrrole nitrogens is 1. The van der Waals surface area contributed by atoms with E-state index in [9.17, 15) is 9.59 Å². The molecule has 1 saturated heterocycles. The van der Waals surface area contributed by atoms with Crippen LogP contribution >= 0.6 is 12.2 Å². The highest BCUT2D eigenvalue weighted by molar-refractivity contribution is 7.71. The Morgan fingerprint density at radius 3 is 2.70 bits per heavy atom. The van der Waals surface area contributed by atoms with Gasteiger partial charge in [-0.05, 0) is 43.6 Å². The van der Waals surface area contributed by atoms with E-state index >= 15 is 0 Å². The van der Waals surface area contributed by atoms with Crippen LogP contribution in [0.1, 0.15) is 32.1 Å². The molecule has 23 heavy (non-hydrogen) atoms. The predicted octanol–water partition coefficient (Wildman–Crippen LogP) is 2.85. The maximum Gasteiger partial charge on any atom is 0.262 e. The molecule has 0 aliphatic carbocycles. The summed E-state index contributed by atoms with van der Waals surface area (Å²) in [6.45, 7) is 2.43. The molecule has 0 atom stereocenters. The van der Waals surface area contributed by atoms with Gasteiger partial charge in [0.15, 0.2) is 4.77 Å². The van der Waals surface area contributed by atoms with Crippen LogP contribution in [0.4, 0.5) is 0 Å². The fourth-order valence-corrected chi connectivity index (χ4v) is 3.13. The first kappa shape index (κ1) is 15.9. The number of fused-ring (bicyclic) bond motifs is 1. The second kappa shape index (κ2) is 7.08. The molecule has 2 heterocycles. The summed E-state index contributed by atoms with van der Waals surface area (Å²) in [5.74, 6) is 0.261. The Kier molecular flexibility index (Phi) is 4.91. The molecule has 5 nitrogen and oxygen atoms in total. The molecule has 6 heteroatoms. The van der Waals surface area contributed by atoms with E-state index in [1.165, 1.54) is 0 Å². The van der Waals surface area contributed by atoms with Crippen molar-refractivity contribution in [3.05, 3.63) is 39.4 Å². The largest absolute Gasteiger partial charge is 0.343 e. The highest BCUT2D eigenvalue weighted by Crippen LogP contribution is 2.11. The number of hydrogen-bond donors (Lipinski definition) is 1. The molecule has 1 aromatic carbocycles. The molecule has 3 rings (SSSR count). The van der Waals surface area contributed by atoms with Gasteiger partial charge in [-0.1, -0.05) is 18.6 Å². The number of unbranched alkanes of at least 4 members (excludes halogenated alkanes) is 2. The number of nitrogens with one attached hydrogen (secondary N) is 1. The Labute approximate surface area is 139 Å². The van der Waals surface area contributed by atoms with Gasteiger partial charge in [0, 0.05) is 26.1 Å². The number of amides is 1. The molecular formula is C17H21N3O2S. The van der Waals surface area contributed by atoms with Gasteiger partial charge in [0.2, 0.25) is 5.91 Å². The maximum atomic E-state index is 12.5. The summed E-state index contributed by atoms with van der Waals surface area (Å²) < 4.78 is 2.08. The standard InChI is InChI=1S/C17H21N3O2S/c21-15(19-10-6-11-19)9-2-1-5-12-20-16(22)13-7-3-4-8-14(13)18-17(20)23/h3-4,7-8H,1-2,5-6,9-12H2,(H,18,23). The Morgan fingerprint density at radius 1 is 1.17 bits per heavy atom. The van der Waals surface area contributed by atoms with E-state index in [1.54, 1.807) is 4.57 Å². The van der Waals surface area contributed by atoms with E-state index in [1.807, 2.05) is 29.2 Å². The lowest BCUT2D eigenvalue weighted by molar-refractivity contribution is -0.134. The highest BCUT2D eigenvalue weighted by Gasteiger charge is 2.18. The predicted molar refractivity (Wildman–Crippen MR) is 93.1 cm³/mol. The first-order valence-electron chi connectivity index (χ1n) is 8.16. The summed E-state index contributed by atoms with van der Waals surface area (Å²) in [7, 11) is 0. The van der Waals surface area contributed by atoms with Gasteiger partial charge in [-0.2, -0.15) is 0 Å². The number of benzene rings is 1. The number of aromatic nitrogens is 2. The van der Waals surface area contributed by atoms with Crippen molar-refractivity contribution < 1.29 is 4.79 Å². The molecule has 0 radical (unpaired) electrons. The third-order valence-electron chi connectivity index (χ3n) is 4.37. The molecule has 0 saturated carbocycles. The lowest BCUT2D eigenvalue weighted by Crippen LogP contribution is -2.41. The lowest BCUT2D eigenvalue weighted by Gasteiger charge is -2.30. The molecule has 1 N–H and O–H groups in total. The Morgan fingerprint density at radius 2 is 1.96 bits per heavy atom. The molecule has 2 aromatic rings. The van der Waals surface area contributed by atoms with Gasteiger partial charge in [0.05, 0.1) is 10.9 Å². The molecule has 1 aliphatic heterocycles. The molecule has 122 valence electrons. The van der Waals surface area contributed by atoms with Crippen molar-refractivity contribution in [3.8, 4) is 0 Å². The SMILES string of the molecule is O=C(CCCCCn1c(=S)[nH]c2ccccc2c1=O)N1CCC1. The number of carbonyl (C=O) groups is 1. The van der Waals surface area contributed by atoms with Gasteiger partial charge in [-0.25, -0.2) is 0 Å².